The standard InChI is InChI=1S/C10H20N2/c1-2-10(12)9-5-3-8(7-11)4-6-9/h8-9,12H,2-7,11H2,1H3. The molecular formula is C10H20N2. The van der Waals surface area contributed by atoms with Gasteiger partial charge in [-0.25, -0.2) is 0 Å². The predicted octanol–water partition coefficient (Wildman–Crippen LogP) is 2.18. The third-order valence-electron chi connectivity index (χ3n) is 3.05. The van der Waals surface area contributed by atoms with Crippen molar-refractivity contribution in [2.45, 2.75) is 39.0 Å². The van der Waals surface area contributed by atoms with Gasteiger partial charge >= 0.3 is 0 Å². The van der Waals surface area contributed by atoms with Crippen molar-refractivity contribution in [1.29, 1.82) is 5.41 Å². The summed E-state index contributed by atoms with van der Waals surface area (Å²) in [5.41, 5.74) is 6.55. The van der Waals surface area contributed by atoms with E-state index in [1.54, 1.807) is 0 Å². The van der Waals surface area contributed by atoms with Crippen LogP contribution in [0.15, 0.2) is 0 Å². The van der Waals surface area contributed by atoms with Gasteiger partial charge in [0.05, 0.1) is 0 Å². The average Bonchev–Trinajstić information content (AvgIpc) is 2.17. The van der Waals surface area contributed by atoms with Crippen LogP contribution >= 0.6 is 0 Å². The van der Waals surface area contributed by atoms with Crippen LogP contribution < -0.4 is 5.73 Å². The Morgan fingerprint density at radius 1 is 1.33 bits per heavy atom. The van der Waals surface area contributed by atoms with Crippen molar-refractivity contribution in [3.05, 3.63) is 0 Å². The molecule has 0 aliphatic heterocycles. The summed E-state index contributed by atoms with van der Waals surface area (Å²) in [6, 6.07) is 0. The summed E-state index contributed by atoms with van der Waals surface area (Å²) in [7, 11) is 0. The van der Waals surface area contributed by atoms with E-state index in [1.165, 1.54) is 25.7 Å². The molecule has 0 bridgehead atoms. The fourth-order valence-corrected chi connectivity index (χ4v) is 2.04. The van der Waals surface area contributed by atoms with E-state index >= 15 is 0 Å². The second-order valence-electron chi connectivity index (χ2n) is 3.83. The highest BCUT2D eigenvalue weighted by Crippen LogP contribution is 2.29. The number of hydrogen-bond acceptors (Lipinski definition) is 2. The lowest BCUT2D eigenvalue weighted by Gasteiger charge is -2.27. The molecule has 0 heterocycles. The molecule has 1 rings (SSSR count). The molecule has 0 amide bonds. The third-order valence-corrected chi connectivity index (χ3v) is 3.05. The maximum Gasteiger partial charge on any atom is 0.0117 e. The van der Waals surface area contributed by atoms with Crippen LogP contribution in [-0.4, -0.2) is 12.3 Å². The van der Waals surface area contributed by atoms with Gasteiger partial charge in [-0.1, -0.05) is 6.92 Å². The highest BCUT2D eigenvalue weighted by atomic mass is 14.6. The zero-order valence-corrected chi connectivity index (χ0v) is 7.97. The molecule has 0 spiro atoms. The fraction of sp³-hybridized carbons (Fsp3) is 0.900. The Bertz CT molecular complexity index is 146. The molecule has 0 unspecified atom stereocenters. The third kappa shape index (κ3) is 2.31. The minimum atomic E-state index is 0.581. The van der Waals surface area contributed by atoms with E-state index in [0.717, 1.165) is 24.6 Å². The first kappa shape index (κ1) is 9.72. The summed E-state index contributed by atoms with van der Waals surface area (Å²) in [5.74, 6) is 1.32. The van der Waals surface area contributed by atoms with Crippen LogP contribution in [0.2, 0.25) is 0 Å². The zero-order chi connectivity index (χ0) is 8.97. The second-order valence-corrected chi connectivity index (χ2v) is 3.83. The van der Waals surface area contributed by atoms with Gasteiger partial charge in [-0.15, -0.1) is 0 Å². The fourth-order valence-electron chi connectivity index (χ4n) is 2.04. The molecule has 12 heavy (non-hydrogen) atoms. The Hall–Kier alpha value is -0.370. The second kappa shape index (κ2) is 4.61. The molecule has 0 aromatic heterocycles. The molecule has 1 saturated carbocycles. The van der Waals surface area contributed by atoms with Crippen molar-refractivity contribution in [2.75, 3.05) is 6.54 Å². The molecule has 1 aliphatic carbocycles. The Morgan fingerprint density at radius 3 is 2.33 bits per heavy atom. The molecule has 70 valence electrons. The number of nitrogens with two attached hydrogens (primary N) is 1. The molecule has 1 aliphatic rings. The van der Waals surface area contributed by atoms with Crippen LogP contribution in [0.4, 0.5) is 0 Å². The van der Waals surface area contributed by atoms with Gasteiger partial charge in [-0.3, -0.25) is 0 Å². The normalized spacial score (nSPS) is 30.2. The van der Waals surface area contributed by atoms with Gasteiger partial charge in [0.2, 0.25) is 0 Å². The van der Waals surface area contributed by atoms with E-state index < -0.39 is 0 Å². The smallest absolute Gasteiger partial charge is 0.0117 e. The van der Waals surface area contributed by atoms with Gasteiger partial charge in [0.1, 0.15) is 0 Å². The summed E-state index contributed by atoms with van der Waals surface area (Å²) in [4.78, 5) is 0. The van der Waals surface area contributed by atoms with E-state index in [4.69, 9.17) is 11.1 Å². The number of hydrogen-bond donors (Lipinski definition) is 2. The molecule has 0 radical (unpaired) electrons. The molecular weight excluding hydrogens is 148 g/mol. The Morgan fingerprint density at radius 2 is 1.92 bits per heavy atom. The van der Waals surface area contributed by atoms with E-state index in [-0.39, 0.29) is 0 Å². The van der Waals surface area contributed by atoms with Gasteiger partial charge in [0.25, 0.3) is 0 Å². The minimum Gasteiger partial charge on any atom is -0.330 e. The monoisotopic (exact) mass is 168 g/mol. The molecule has 0 aromatic carbocycles. The summed E-state index contributed by atoms with van der Waals surface area (Å²) in [6.07, 6.45) is 5.81. The lowest BCUT2D eigenvalue weighted by Crippen LogP contribution is -2.25. The zero-order valence-electron chi connectivity index (χ0n) is 7.97. The van der Waals surface area contributed by atoms with Crippen LogP contribution in [0.3, 0.4) is 0 Å². The SMILES string of the molecule is CCC(=N)C1CCC(CN)CC1. The quantitative estimate of drug-likeness (QED) is 0.623. The molecule has 3 N–H and O–H groups in total. The Kier molecular flexibility index (Phi) is 3.73. The number of rotatable bonds is 3. The van der Waals surface area contributed by atoms with Crippen molar-refractivity contribution in [3.8, 4) is 0 Å². The first-order valence-corrected chi connectivity index (χ1v) is 5.05. The summed E-state index contributed by atoms with van der Waals surface area (Å²) in [5, 5.41) is 7.72. The van der Waals surface area contributed by atoms with Gasteiger partial charge in [0.15, 0.2) is 0 Å². The van der Waals surface area contributed by atoms with Crippen LogP contribution in [0.1, 0.15) is 39.0 Å². The number of nitrogens with one attached hydrogen (secondary N) is 1. The van der Waals surface area contributed by atoms with Crippen LogP contribution in [-0.2, 0) is 0 Å². The van der Waals surface area contributed by atoms with Gasteiger partial charge in [0, 0.05) is 5.71 Å². The van der Waals surface area contributed by atoms with Crippen LogP contribution in [0, 0.1) is 17.2 Å². The molecule has 2 nitrogen and oxygen atoms in total. The molecule has 0 saturated heterocycles. The van der Waals surface area contributed by atoms with Crippen LogP contribution in [0.25, 0.3) is 0 Å². The van der Waals surface area contributed by atoms with Gasteiger partial charge < -0.3 is 11.1 Å². The van der Waals surface area contributed by atoms with E-state index in [0.29, 0.717) is 5.92 Å². The van der Waals surface area contributed by atoms with E-state index in [9.17, 15) is 0 Å². The summed E-state index contributed by atoms with van der Waals surface area (Å²) in [6.45, 7) is 2.92. The first-order chi connectivity index (χ1) is 5.77. The largest absolute Gasteiger partial charge is 0.330 e. The predicted molar refractivity (Wildman–Crippen MR) is 52.5 cm³/mol. The van der Waals surface area contributed by atoms with Crippen LogP contribution in [0.5, 0.6) is 0 Å². The Balaban J connectivity index is 2.30. The van der Waals surface area contributed by atoms with Crippen molar-refractivity contribution in [3.63, 3.8) is 0 Å². The van der Waals surface area contributed by atoms with Crippen molar-refractivity contribution in [2.24, 2.45) is 17.6 Å². The lowest BCUT2D eigenvalue weighted by molar-refractivity contribution is 0.326. The molecule has 0 atom stereocenters. The molecule has 0 aromatic rings. The first-order valence-electron chi connectivity index (χ1n) is 5.05. The minimum absolute atomic E-state index is 0.581. The molecule has 1 fully saturated rings. The van der Waals surface area contributed by atoms with Crippen molar-refractivity contribution < 1.29 is 0 Å². The summed E-state index contributed by atoms with van der Waals surface area (Å²) < 4.78 is 0. The highest BCUT2D eigenvalue weighted by molar-refractivity contribution is 5.83. The topological polar surface area (TPSA) is 49.9 Å². The van der Waals surface area contributed by atoms with Gasteiger partial charge in [-0.05, 0) is 50.5 Å². The maximum absolute atomic E-state index is 7.72. The lowest BCUT2D eigenvalue weighted by atomic mass is 9.79. The Labute approximate surface area is 75.0 Å². The highest BCUT2D eigenvalue weighted by Gasteiger charge is 2.21. The molecule has 2 heteroatoms. The average molecular weight is 168 g/mol. The summed E-state index contributed by atoms with van der Waals surface area (Å²) >= 11 is 0. The van der Waals surface area contributed by atoms with E-state index in [1.807, 2.05) is 0 Å². The van der Waals surface area contributed by atoms with Gasteiger partial charge in [-0.2, -0.15) is 0 Å². The van der Waals surface area contributed by atoms with Crippen molar-refractivity contribution in [1.82, 2.24) is 0 Å². The van der Waals surface area contributed by atoms with Crippen molar-refractivity contribution >= 4 is 5.71 Å². The maximum atomic E-state index is 7.72. The van der Waals surface area contributed by atoms with E-state index in [2.05, 4.69) is 6.92 Å².